The van der Waals surface area contributed by atoms with E-state index in [9.17, 15) is 4.39 Å². The molecule has 1 heterocycles. The molecular formula is C16H21ClFN3. The molecule has 1 aromatic heterocycles. The average molecular weight is 310 g/mol. The average Bonchev–Trinajstić information content (AvgIpc) is 2.66. The van der Waals surface area contributed by atoms with Crippen LogP contribution in [0, 0.1) is 25.6 Å². The lowest BCUT2D eigenvalue weighted by Gasteiger charge is -2.13. The van der Waals surface area contributed by atoms with E-state index in [2.05, 4.69) is 24.3 Å². The van der Waals surface area contributed by atoms with Crippen LogP contribution in [0.15, 0.2) is 18.2 Å². The smallest absolute Gasteiger partial charge is 0.123 e. The fourth-order valence-electron chi connectivity index (χ4n) is 2.26. The number of aromatic nitrogens is 2. The third-order valence-electron chi connectivity index (χ3n) is 3.34. The predicted octanol–water partition coefficient (Wildman–Crippen LogP) is 4.03. The molecule has 1 aromatic carbocycles. The largest absolute Gasteiger partial charge is 0.312 e. The van der Waals surface area contributed by atoms with Crippen molar-refractivity contribution in [2.75, 3.05) is 6.54 Å². The molecule has 21 heavy (non-hydrogen) atoms. The Morgan fingerprint density at radius 1 is 1.33 bits per heavy atom. The molecule has 0 unspecified atom stereocenters. The summed E-state index contributed by atoms with van der Waals surface area (Å²) < 4.78 is 15.3. The minimum absolute atomic E-state index is 0.243. The van der Waals surface area contributed by atoms with Crippen LogP contribution in [0.5, 0.6) is 0 Å². The summed E-state index contributed by atoms with van der Waals surface area (Å²) in [7, 11) is 0. The second-order valence-electron chi connectivity index (χ2n) is 5.69. The maximum absolute atomic E-state index is 13.6. The molecular weight excluding hydrogens is 289 g/mol. The van der Waals surface area contributed by atoms with Gasteiger partial charge in [0.1, 0.15) is 5.82 Å². The number of benzene rings is 1. The number of hydrogen-bond donors (Lipinski definition) is 1. The van der Waals surface area contributed by atoms with Gasteiger partial charge in [-0.25, -0.2) is 9.07 Å². The van der Waals surface area contributed by atoms with Gasteiger partial charge in [-0.2, -0.15) is 5.10 Å². The second-order valence-corrected chi connectivity index (χ2v) is 6.07. The number of hydrogen-bond acceptors (Lipinski definition) is 2. The predicted molar refractivity (Wildman–Crippen MR) is 84.6 cm³/mol. The van der Waals surface area contributed by atoms with Crippen molar-refractivity contribution in [2.24, 2.45) is 5.92 Å². The zero-order valence-electron chi connectivity index (χ0n) is 12.9. The molecule has 2 rings (SSSR count). The van der Waals surface area contributed by atoms with Gasteiger partial charge in [-0.1, -0.05) is 25.4 Å². The van der Waals surface area contributed by atoms with Crippen molar-refractivity contribution in [1.82, 2.24) is 15.1 Å². The highest BCUT2D eigenvalue weighted by Crippen LogP contribution is 2.24. The molecule has 0 aliphatic rings. The number of halogens is 2. The standard InChI is InChI=1S/C16H21ClFN3/c1-10(2)8-19-9-13-7-14(18)5-6-15(13)21-12(4)16(17)11(3)20-21/h5-7,10,19H,8-9H2,1-4H3. The van der Waals surface area contributed by atoms with Crippen LogP contribution in [0.3, 0.4) is 0 Å². The molecule has 0 saturated heterocycles. The van der Waals surface area contributed by atoms with Crippen molar-refractivity contribution < 1.29 is 4.39 Å². The van der Waals surface area contributed by atoms with Crippen molar-refractivity contribution in [3.63, 3.8) is 0 Å². The maximum Gasteiger partial charge on any atom is 0.123 e. The molecule has 0 aliphatic carbocycles. The number of rotatable bonds is 5. The van der Waals surface area contributed by atoms with E-state index in [4.69, 9.17) is 11.6 Å². The SMILES string of the molecule is Cc1nn(-c2ccc(F)cc2CNCC(C)C)c(C)c1Cl. The van der Waals surface area contributed by atoms with Crippen LogP contribution in [0.25, 0.3) is 5.69 Å². The van der Waals surface area contributed by atoms with E-state index in [0.29, 0.717) is 17.5 Å². The van der Waals surface area contributed by atoms with E-state index in [-0.39, 0.29) is 5.82 Å². The van der Waals surface area contributed by atoms with Crippen LogP contribution in [-0.4, -0.2) is 16.3 Å². The first-order valence-corrected chi connectivity index (χ1v) is 7.49. The summed E-state index contributed by atoms with van der Waals surface area (Å²) in [5.41, 5.74) is 3.38. The Morgan fingerprint density at radius 3 is 2.62 bits per heavy atom. The van der Waals surface area contributed by atoms with Gasteiger partial charge >= 0.3 is 0 Å². The summed E-state index contributed by atoms with van der Waals surface area (Å²) >= 11 is 6.20. The number of aryl methyl sites for hydroxylation is 1. The first-order valence-electron chi connectivity index (χ1n) is 7.11. The van der Waals surface area contributed by atoms with Crippen LogP contribution in [-0.2, 0) is 6.54 Å². The molecule has 3 nitrogen and oxygen atoms in total. The summed E-state index contributed by atoms with van der Waals surface area (Å²) in [4.78, 5) is 0. The van der Waals surface area contributed by atoms with Crippen molar-refractivity contribution in [1.29, 1.82) is 0 Å². The van der Waals surface area contributed by atoms with Gasteiger partial charge in [-0.05, 0) is 50.1 Å². The molecule has 0 aliphatic heterocycles. The van der Waals surface area contributed by atoms with Gasteiger partial charge in [-0.15, -0.1) is 0 Å². The molecule has 5 heteroatoms. The quantitative estimate of drug-likeness (QED) is 0.904. The van der Waals surface area contributed by atoms with Crippen LogP contribution >= 0.6 is 11.6 Å². The Balaban J connectivity index is 2.36. The van der Waals surface area contributed by atoms with Gasteiger partial charge in [0.2, 0.25) is 0 Å². The topological polar surface area (TPSA) is 29.9 Å². The Bertz CT molecular complexity index is 635. The fraction of sp³-hybridized carbons (Fsp3) is 0.438. The molecule has 114 valence electrons. The van der Waals surface area contributed by atoms with Crippen molar-refractivity contribution in [3.05, 3.63) is 46.0 Å². The van der Waals surface area contributed by atoms with E-state index >= 15 is 0 Å². The third kappa shape index (κ3) is 3.63. The summed E-state index contributed by atoms with van der Waals surface area (Å²) in [6, 6.07) is 4.75. The Kier molecular flexibility index (Phi) is 5.01. The molecule has 0 spiro atoms. The molecule has 0 radical (unpaired) electrons. The molecule has 2 aromatic rings. The summed E-state index contributed by atoms with van der Waals surface area (Å²) in [5, 5.41) is 8.44. The second kappa shape index (κ2) is 6.58. The van der Waals surface area contributed by atoms with E-state index in [1.807, 2.05) is 13.8 Å². The third-order valence-corrected chi connectivity index (χ3v) is 3.89. The van der Waals surface area contributed by atoms with Gasteiger partial charge < -0.3 is 5.32 Å². The normalized spacial score (nSPS) is 11.4. The van der Waals surface area contributed by atoms with Gasteiger partial charge in [0.05, 0.1) is 22.1 Å². The molecule has 1 N–H and O–H groups in total. The lowest BCUT2D eigenvalue weighted by molar-refractivity contribution is 0.548. The summed E-state index contributed by atoms with van der Waals surface area (Å²) in [6.45, 7) is 9.54. The van der Waals surface area contributed by atoms with Gasteiger partial charge in [0.25, 0.3) is 0 Å². The van der Waals surface area contributed by atoms with Gasteiger partial charge in [0, 0.05) is 6.54 Å². The van der Waals surface area contributed by atoms with E-state index in [0.717, 1.165) is 29.2 Å². The highest BCUT2D eigenvalue weighted by molar-refractivity contribution is 6.31. The van der Waals surface area contributed by atoms with Gasteiger partial charge in [0.15, 0.2) is 0 Å². The Hall–Kier alpha value is -1.39. The minimum Gasteiger partial charge on any atom is -0.312 e. The summed E-state index contributed by atoms with van der Waals surface area (Å²) in [5.74, 6) is 0.304. The molecule has 0 bridgehead atoms. The molecule has 0 amide bonds. The highest BCUT2D eigenvalue weighted by Gasteiger charge is 2.14. The zero-order valence-corrected chi connectivity index (χ0v) is 13.6. The van der Waals surface area contributed by atoms with Crippen LogP contribution < -0.4 is 5.32 Å². The zero-order chi connectivity index (χ0) is 15.6. The van der Waals surface area contributed by atoms with E-state index in [1.165, 1.54) is 6.07 Å². The molecule has 0 atom stereocenters. The fourth-order valence-corrected chi connectivity index (χ4v) is 2.37. The van der Waals surface area contributed by atoms with Crippen molar-refractivity contribution in [2.45, 2.75) is 34.2 Å². The monoisotopic (exact) mass is 309 g/mol. The van der Waals surface area contributed by atoms with Gasteiger partial charge in [-0.3, -0.25) is 0 Å². The van der Waals surface area contributed by atoms with Crippen LogP contribution in [0.4, 0.5) is 4.39 Å². The number of nitrogens with zero attached hydrogens (tertiary/aromatic N) is 2. The first kappa shape index (κ1) is 16.0. The van der Waals surface area contributed by atoms with Crippen LogP contribution in [0.2, 0.25) is 5.02 Å². The number of nitrogens with one attached hydrogen (secondary N) is 1. The Morgan fingerprint density at radius 2 is 2.05 bits per heavy atom. The van der Waals surface area contributed by atoms with Crippen molar-refractivity contribution >= 4 is 11.6 Å². The summed E-state index contributed by atoms with van der Waals surface area (Å²) in [6.07, 6.45) is 0. The van der Waals surface area contributed by atoms with E-state index in [1.54, 1.807) is 16.8 Å². The van der Waals surface area contributed by atoms with Crippen LogP contribution in [0.1, 0.15) is 30.8 Å². The highest BCUT2D eigenvalue weighted by atomic mass is 35.5. The van der Waals surface area contributed by atoms with Crippen molar-refractivity contribution in [3.8, 4) is 5.69 Å². The maximum atomic E-state index is 13.6. The lowest BCUT2D eigenvalue weighted by Crippen LogP contribution is -2.20. The lowest BCUT2D eigenvalue weighted by atomic mass is 10.1. The first-order chi connectivity index (χ1) is 9.90. The molecule has 0 fully saturated rings. The van der Waals surface area contributed by atoms with E-state index < -0.39 is 0 Å². The minimum atomic E-state index is -0.243. The molecule has 0 saturated carbocycles. The Labute approximate surface area is 130 Å².